The van der Waals surface area contributed by atoms with Gasteiger partial charge in [0.05, 0.1) is 23.3 Å². The number of benzene rings is 2. The highest BCUT2D eigenvalue weighted by Gasteiger charge is 2.21. The van der Waals surface area contributed by atoms with Gasteiger partial charge in [0.1, 0.15) is 13.2 Å². The fraction of sp³-hybridized carbons (Fsp3) is 0.300. The molecular weight excluding hydrogens is 382 g/mol. The molecule has 1 atom stereocenters. The van der Waals surface area contributed by atoms with Crippen LogP contribution in [0, 0.1) is 0 Å². The maximum absolute atomic E-state index is 12.5. The van der Waals surface area contributed by atoms with Crippen molar-refractivity contribution in [2.24, 2.45) is 0 Å². The van der Waals surface area contributed by atoms with Crippen LogP contribution in [0.15, 0.2) is 42.5 Å². The molecule has 148 valence electrons. The number of halogens is 1. The summed E-state index contributed by atoms with van der Waals surface area (Å²) in [6.45, 7) is 2.76. The van der Waals surface area contributed by atoms with E-state index in [1.54, 1.807) is 61.3 Å². The molecule has 0 bridgehead atoms. The Bertz CT molecular complexity index is 874. The topological polar surface area (TPSA) is 79.9 Å². The number of para-hydroxylation sites is 1. The molecule has 0 spiro atoms. The van der Waals surface area contributed by atoms with E-state index in [2.05, 4.69) is 10.6 Å². The first-order chi connectivity index (χ1) is 13.4. The lowest BCUT2D eigenvalue weighted by molar-refractivity contribution is -0.122. The zero-order valence-electron chi connectivity index (χ0n) is 15.7. The molecule has 2 aromatic carbocycles. The summed E-state index contributed by atoms with van der Waals surface area (Å²) in [7, 11) is 1.71. The van der Waals surface area contributed by atoms with Gasteiger partial charge in [0.2, 0.25) is 11.8 Å². The van der Waals surface area contributed by atoms with Crippen molar-refractivity contribution in [3.05, 3.63) is 47.5 Å². The normalized spacial score (nSPS) is 13.7. The molecule has 1 aliphatic rings. The number of ether oxygens (including phenoxy) is 2. The maximum Gasteiger partial charge on any atom is 0.241 e. The molecule has 0 saturated carbocycles. The van der Waals surface area contributed by atoms with E-state index in [1.165, 1.54) is 0 Å². The molecule has 2 N–H and O–H groups in total. The molecule has 0 radical (unpaired) electrons. The van der Waals surface area contributed by atoms with Crippen LogP contribution in [-0.4, -0.2) is 49.6 Å². The number of nitrogens with zero attached hydrogens (tertiary/aromatic N) is 1. The summed E-state index contributed by atoms with van der Waals surface area (Å²) in [6, 6.07) is 11.7. The Labute approximate surface area is 168 Å². The minimum absolute atomic E-state index is 0.0426. The van der Waals surface area contributed by atoms with E-state index in [0.717, 1.165) is 0 Å². The summed E-state index contributed by atoms with van der Waals surface area (Å²) in [5, 5.41) is 6.04. The van der Waals surface area contributed by atoms with Crippen LogP contribution in [0.5, 0.6) is 11.5 Å². The summed E-state index contributed by atoms with van der Waals surface area (Å²) in [5.74, 6) is 0.772. The quantitative estimate of drug-likeness (QED) is 0.775. The van der Waals surface area contributed by atoms with Crippen LogP contribution in [-0.2, 0) is 9.59 Å². The largest absolute Gasteiger partial charge is 0.486 e. The first kappa shape index (κ1) is 20.0. The van der Waals surface area contributed by atoms with Gasteiger partial charge in [-0.25, -0.2) is 0 Å². The SMILES string of the molecule is C[C@H](C(=O)Nc1ccc2c(c1)OCCO2)N(C)CC(=O)Nc1ccccc1Cl. The summed E-state index contributed by atoms with van der Waals surface area (Å²) < 4.78 is 11.0. The third kappa shape index (κ3) is 4.94. The molecule has 2 aromatic rings. The second-order valence-electron chi connectivity index (χ2n) is 6.47. The second-order valence-corrected chi connectivity index (χ2v) is 6.87. The lowest BCUT2D eigenvalue weighted by Gasteiger charge is -2.24. The molecule has 1 heterocycles. The average Bonchev–Trinajstić information content (AvgIpc) is 2.69. The van der Waals surface area contributed by atoms with E-state index in [9.17, 15) is 9.59 Å². The van der Waals surface area contributed by atoms with Crippen molar-refractivity contribution in [1.29, 1.82) is 0 Å². The van der Waals surface area contributed by atoms with Crippen LogP contribution < -0.4 is 20.1 Å². The molecule has 0 aromatic heterocycles. The summed E-state index contributed by atoms with van der Waals surface area (Å²) in [6.07, 6.45) is 0. The molecule has 28 heavy (non-hydrogen) atoms. The number of carbonyl (C=O) groups excluding carboxylic acids is 2. The third-order valence-electron chi connectivity index (χ3n) is 4.39. The highest BCUT2D eigenvalue weighted by atomic mass is 35.5. The van der Waals surface area contributed by atoms with E-state index in [0.29, 0.717) is 41.1 Å². The van der Waals surface area contributed by atoms with Crippen molar-refractivity contribution in [3.8, 4) is 11.5 Å². The highest BCUT2D eigenvalue weighted by molar-refractivity contribution is 6.33. The number of fused-ring (bicyclic) bond motifs is 1. The van der Waals surface area contributed by atoms with Gasteiger partial charge in [0.25, 0.3) is 0 Å². The summed E-state index contributed by atoms with van der Waals surface area (Å²) in [4.78, 5) is 26.4. The highest BCUT2D eigenvalue weighted by Crippen LogP contribution is 2.32. The Kier molecular flexibility index (Phi) is 6.38. The monoisotopic (exact) mass is 403 g/mol. The fourth-order valence-electron chi connectivity index (χ4n) is 2.68. The second kappa shape index (κ2) is 8.95. The van der Waals surface area contributed by atoms with Crippen molar-refractivity contribution in [1.82, 2.24) is 4.90 Å². The van der Waals surface area contributed by atoms with E-state index >= 15 is 0 Å². The van der Waals surface area contributed by atoms with Crippen LogP contribution in [0.25, 0.3) is 0 Å². The molecule has 8 heteroatoms. The van der Waals surface area contributed by atoms with Gasteiger partial charge in [0.15, 0.2) is 11.5 Å². The van der Waals surface area contributed by atoms with Crippen LogP contribution >= 0.6 is 11.6 Å². The van der Waals surface area contributed by atoms with Crippen molar-refractivity contribution in [2.75, 3.05) is 37.4 Å². The minimum atomic E-state index is -0.523. The number of hydrogen-bond acceptors (Lipinski definition) is 5. The Balaban J connectivity index is 1.55. The van der Waals surface area contributed by atoms with Gasteiger partial charge in [-0.05, 0) is 38.2 Å². The zero-order valence-corrected chi connectivity index (χ0v) is 16.5. The molecule has 0 unspecified atom stereocenters. The van der Waals surface area contributed by atoms with Crippen LogP contribution in [0.1, 0.15) is 6.92 Å². The van der Waals surface area contributed by atoms with Gasteiger partial charge < -0.3 is 20.1 Å². The zero-order chi connectivity index (χ0) is 20.1. The van der Waals surface area contributed by atoms with Gasteiger partial charge in [0, 0.05) is 11.8 Å². The van der Waals surface area contributed by atoms with Gasteiger partial charge in [-0.1, -0.05) is 23.7 Å². The summed E-state index contributed by atoms with van der Waals surface area (Å²) in [5.41, 5.74) is 1.14. The number of amides is 2. The van der Waals surface area contributed by atoms with E-state index < -0.39 is 6.04 Å². The Morgan fingerprint density at radius 1 is 1.11 bits per heavy atom. The maximum atomic E-state index is 12.5. The number of rotatable bonds is 6. The average molecular weight is 404 g/mol. The minimum Gasteiger partial charge on any atom is -0.486 e. The smallest absolute Gasteiger partial charge is 0.241 e. The standard InChI is InChI=1S/C20H22ClN3O4/c1-13(24(2)12-19(25)23-16-6-4-3-5-15(16)21)20(26)22-14-7-8-17-18(11-14)28-10-9-27-17/h3-8,11,13H,9-10,12H2,1-2H3,(H,22,26)(H,23,25)/t13-/m1/s1. The van der Waals surface area contributed by atoms with Crippen LogP contribution in [0.4, 0.5) is 11.4 Å². The van der Waals surface area contributed by atoms with Crippen LogP contribution in [0.3, 0.4) is 0 Å². The van der Waals surface area contributed by atoms with E-state index in [1.807, 2.05) is 0 Å². The number of likely N-dealkylation sites (N-methyl/N-ethyl adjacent to an activating group) is 1. The van der Waals surface area contributed by atoms with E-state index in [-0.39, 0.29) is 18.4 Å². The van der Waals surface area contributed by atoms with Crippen molar-refractivity contribution >= 4 is 34.8 Å². The number of nitrogens with one attached hydrogen (secondary N) is 2. The number of carbonyl (C=O) groups is 2. The molecular formula is C20H22ClN3O4. The summed E-state index contributed by atoms with van der Waals surface area (Å²) >= 11 is 6.05. The Morgan fingerprint density at radius 3 is 2.57 bits per heavy atom. The third-order valence-corrected chi connectivity index (χ3v) is 4.72. The van der Waals surface area contributed by atoms with Gasteiger partial charge in [-0.15, -0.1) is 0 Å². The fourth-order valence-corrected chi connectivity index (χ4v) is 2.87. The molecule has 0 aliphatic carbocycles. The molecule has 0 fully saturated rings. The van der Waals surface area contributed by atoms with Gasteiger partial charge >= 0.3 is 0 Å². The molecule has 2 amide bonds. The van der Waals surface area contributed by atoms with Crippen LogP contribution in [0.2, 0.25) is 5.02 Å². The van der Waals surface area contributed by atoms with Crippen molar-refractivity contribution in [2.45, 2.75) is 13.0 Å². The van der Waals surface area contributed by atoms with E-state index in [4.69, 9.17) is 21.1 Å². The first-order valence-electron chi connectivity index (χ1n) is 8.89. The molecule has 1 aliphatic heterocycles. The predicted molar refractivity (Wildman–Crippen MR) is 108 cm³/mol. The lowest BCUT2D eigenvalue weighted by Crippen LogP contribution is -2.43. The molecule has 7 nitrogen and oxygen atoms in total. The van der Waals surface area contributed by atoms with Crippen molar-refractivity contribution < 1.29 is 19.1 Å². The molecule has 3 rings (SSSR count). The van der Waals surface area contributed by atoms with Gasteiger partial charge in [-0.2, -0.15) is 0 Å². The number of hydrogen-bond donors (Lipinski definition) is 2. The van der Waals surface area contributed by atoms with Crippen molar-refractivity contribution in [3.63, 3.8) is 0 Å². The Morgan fingerprint density at radius 2 is 1.82 bits per heavy atom. The molecule has 0 saturated heterocycles. The Hall–Kier alpha value is -2.77. The predicted octanol–water partition coefficient (Wildman–Crippen LogP) is 3.01. The first-order valence-corrected chi connectivity index (χ1v) is 9.27. The lowest BCUT2D eigenvalue weighted by atomic mass is 10.2. The number of anilines is 2. The van der Waals surface area contributed by atoms with Gasteiger partial charge in [-0.3, -0.25) is 14.5 Å².